The van der Waals surface area contributed by atoms with Crippen LogP contribution >= 0.6 is 11.3 Å². The van der Waals surface area contributed by atoms with E-state index in [0.717, 1.165) is 71.0 Å². The number of hydrogen-bond donors (Lipinski definition) is 1. The van der Waals surface area contributed by atoms with Gasteiger partial charge in [0.05, 0.1) is 21.5 Å². The number of rotatable bonds is 6. The first-order valence-electron chi connectivity index (χ1n) is 12.6. The number of carbonyl (C=O) groups is 1. The first-order valence-corrected chi connectivity index (χ1v) is 14.9. The maximum atomic E-state index is 12.9. The van der Waals surface area contributed by atoms with E-state index in [0.29, 0.717) is 31.1 Å². The van der Waals surface area contributed by atoms with Crippen LogP contribution in [0.5, 0.6) is 0 Å². The van der Waals surface area contributed by atoms with E-state index in [9.17, 15) is 13.2 Å². The minimum atomic E-state index is -3.25. The molecule has 0 spiro atoms. The topological polar surface area (TPSA) is 95.5 Å². The molecule has 3 aliphatic rings. The zero-order valence-electron chi connectivity index (χ0n) is 20.2. The van der Waals surface area contributed by atoms with Crippen LogP contribution in [0.15, 0.2) is 36.4 Å². The number of pyridine rings is 1. The maximum absolute atomic E-state index is 12.9. The summed E-state index contributed by atoms with van der Waals surface area (Å²) in [5.41, 5.74) is 3.85. The summed E-state index contributed by atoms with van der Waals surface area (Å²) in [5, 5.41) is 3.83. The highest BCUT2D eigenvalue weighted by atomic mass is 32.2. The van der Waals surface area contributed by atoms with Gasteiger partial charge in [-0.1, -0.05) is 23.5 Å². The summed E-state index contributed by atoms with van der Waals surface area (Å²) in [4.78, 5) is 24.5. The SMILES string of the molecule is Cc1nc(Nc2cccc(N3CCCCC3=O)n2)sc1-c1ccc2c(c1)CCCN2S(=O)(=O)C1CC1. The Morgan fingerprint density at radius 2 is 1.89 bits per heavy atom. The Morgan fingerprint density at radius 3 is 2.69 bits per heavy atom. The summed E-state index contributed by atoms with van der Waals surface area (Å²) in [6.45, 7) is 3.25. The van der Waals surface area contributed by atoms with Gasteiger partial charge in [0.1, 0.15) is 11.6 Å². The first kappa shape index (κ1) is 23.4. The molecule has 1 aliphatic carbocycles. The first-order chi connectivity index (χ1) is 17.4. The zero-order chi connectivity index (χ0) is 24.9. The predicted octanol–water partition coefficient (Wildman–Crippen LogP) is 5.02. The quantitative estimate of drug-likeness (QED) is 0.488. The summed E-state index contributed by atoms with van der Waals surface area (Å²) < 4.78 is 27.5. The van der Waals surface area contributed by atoms with Gasteiger partial charge in [-0.05, 0) is 80.8 Å². The van der Waals surface area contributed by atoms with E-state index in [4.69, 9.17) is 4.98 Å². The van der Waals surface area contributed by atoms with Crippen LogP contribution in [-0.4, -0.2) is 42.6 Å². The van der Waals surface area contributed by atoms with Crippen LogP contribution in [0.4, 0.5) is 22.5 Å². The van der Waals surface area contributed by atoms with Crippen molar-refractivity contribution in [3.63, 3.8) is 0 Å². The number of aromatic nitrogens is 2. The molecule has 36 heavy (non-hydrogen) atoms. The monoisotopic (exact) mass is 523 g/mol. The second kappa shape index (κ2) is 9.15. The predicted molar refractivity (Wildman–Crippen MR) is 144 cm³/mol. The second-order valence-corrected chi connectivity index (χ2v) is 12.8. The van der Waals surface area contributed by atoms with Crippen LogP contribution in [-0.2, 0) is 21.2 Å². The molecule has 10 heteroatoms. The zero-order valence-corrected chi connectivity index (χ0v) is 21.9. The summed E-state index contributed by atoms with van der Waals surface area (Å²) in [7, 11) is -3.25. The Balaban J connectivity index is 1.24. The average Bonchev–Trinajstić information content (AvgIpc) is 3.68. The lowest BCUT2D eigenvalue weighted by atomic mass is 10.00. The summed E-state index contributed by atoms with van der Waals surface area (Å²) in [6, 6.07) is 11.7. The molecule has 0 bridgehead atoms. The lowest BCUT2D eigenvalue weighted by molar-refractivity contribution is -0.119. The van der Waals surface area contributed by atoms with E-state index < -0.39 is 10.0 Å². The van der Waals surface area contributed by atoms with Gasteiger partial charge in [-0.25, -0.2) is 18.4 Å². The molecule has 2 aromatic heterocycles. The van der Waals surface area contributed by atoms with Gasteiger partial charge in [0.2, 0.25) is 15.9 Å². The van der Waals surface area contributed by atoms with Crippen molar-refractivity contribution in [2.75, 3.05) is 27.6 Å². The third kappa shape index (κ3) is 4.37. The molecular weight excluding hydrogens is 494 g/mol. The van der Waals surface area contributed by atoms with E-state index in [1.807, 2.05) is 37.3 Å². The van der Waals surface area contributed by atoms with Gasteiger partial charge >= 0.3 is 0 Å². The Labute approximate surface area is 215 Å². The maximum Gasteiger partial charge on any atom is 0.238 e. The third-order valence-corrected chi connectivity index (χ3v) is 10.5. The van der Waals surface area contributed by atoms with Crippen LogP contribution in [0.25, 0.3) is 10.4 Å². The van der Waals surface area contributed by atoms with E-state index in [1.165, 1.54) is 0 Å². The number of carbonyl (C=O) groups excluding carboxylic acids is 1. The molecule has 4 heterocycles. The number of benzene rings is 1. The van der Waals surface area contributed by atoms with Gasteiger partial charge in [0.15, 0.2) is 5.13 Å². The lowest BCUT2D eigenvalue weighted by Gasteiger charge is -2.31. The average molecular weight is 524 g/mol. The number of nitrogens with zero attached hydrogens (tertiary/aromatic N) is 4. The molecule has 1 amide bonds. The second-order valence-electron chi connectivity index (χ2n) is 9.71. The van der Waals surface area contributed by atoms with Crippen molar-refractivity contribution in [2.45, 2.75) is 57.1 Å². The minimum absolute atomic E-state index is 0.120. The molecule has 1 saturated carbocycles. The smallest absolute Gasteiger partial charge is 0.238 e. The summed E-state index contributed by atoms with van der Waals surface area (Å²) in [5.74, 6) is 1.44. The van der Waals surface area contributed by atoms with Crippen LogP contribution in [0.2, 0.25) is 0 Å². The van der Waals surface area contributed by atoms with Crippen LogP contribution in [0, 0.1) is 6.92 Å². The fraction of sp³-hybridized carbons (Fsp3) is 0.423. The molecule has 3 aromatic rings. The molecule has 1 aromatic carbocycles. The third-order valence-electron chi connectivity index (χ3n) is 7.04. The van der Waals surface area contributed by atoms with Crippen LogP contribution in [0.1, 0.15) is 49.8 Å². The molecule has 0 radical (unpaired) electrons. The fourth-order valence-electron chi connectivity index (χ4n) is 5.03. The van der Waals surface area contributed by atoms with Crippen molar-refractivity contribution < 1.29 is 13.2 Å². The number of anilines is 4. The highest BCUT2D eigenvalue weighted by Crippen LogP contribution is 2.41. The lowest BCUT2D eigenvalue weighted by Crippen LogP contribution is -2.37. The van der Waals surface area contributed by atoms with Crippen molar-refractivity contribution in [3.05, 3.63) is 47.7 Å². The molecule has 0 atom stereocenters. The Kier molecular flexibility index (Phi) is 5.95. The molecule has 1 saturated heterocycles. The van der Waals surface area contributed by atoms with Crippen molar-refractivity contribution in [1.29, 1.82) is 0 Å². The van der Waals surface area contributed by atoms with E-state index in [-0.39, 0.29) is 11.2 Å². The summed E-state index contributed by atoms with van der Waals surface area (Å²) >= 11 is 1.55. The Hall–Kier alpha value is -2.98. The number of fused-ring (bicyclic) bond motifs is 1. The van der Waals surface area contributed by atoms with Crippen molar-refractivity contribution in [2.24, 2.45) is 0 Å². The Bertz CT molecular complexity index is 1430. The number of nitrogens with one attached hydrogen (secondary N) is 1. The van der Waals surface area contributed by atoms with Gasteiger partial charge in [-0.2, -0.15) is 0 Å². The molecule has 188 valence electrons. The largest absolute Gasteiger partial charge is 0.316 e. The number of aryl methyl sites for hydroxylation is 2. The molecule has 0 unspecified atom stereocenters. The van der Waals surface area contributed by atoms with E-state index >= 15 is 0 Å². The van der Waals surface area contributed by atoms with E-state index in [2.05, 4.69) is 16.4 Å². The van der Waals surface area contributed by atoms with Crippen LogP contribution < -0.4 is 14.5 Å². The highest BCUT2D eigenvalue weighted by Gasteiger charge is 2.41. The summed E-state index contributed by atoms with van der Waals surface area (Å²) in [6.07, 6.45) is 5.74. The number of thiazole rings is 1. The van der Waals surface area contributed by atoms with E-state index in [1.54, 1.807) is 20.5 Å². The number of hydrogen-bond acceptors (Lipinski definition) is 7. The Morgan fingerprint density at radius 1 is 1.03 bits per heavy atom. The molecule has 8 nitrogen and oxygen atoms in total. The van der Waals surface area contributed by atoms with Crippen LogP contribution in [0.3, 0.4) is 0 Å². The van der Waals surface area contributed by atoms with Crippen molar-refractivity contribution in [3.8, 4) is 10.4 Å². The highest BCUT2D eigenvalue weighted by molar-refractivity contribution is 7.93. The fourth-order valence-corrected chi connectivity index (χ4v) is 7.93. The number of sulfonamides is 1. The van der Waals surface area contributed by atoms with Crippen molar-refractivity contribution >= 4 is 49.7 Å². The molecule has 6 rings (SSSR count). The molecule has 2 fully saturated rings. The molecule has 2 aliphatic heterocycles. The molecule has 1 N–H and O–H groups in total. The van der Waals surface area contributed by atoms with Gasteiger partial charge in [0, 0.05) is 19.5 Å². The van der Waals surface area contributed by atoms with Crippen molar-refractivity contribution in [1.82, 2.24) is 9.97 Å². The van der Waals surface area contributed by atoms with Gasteiger partial charge < -0.3 is 5.32 Å². The van der Waals surface area contributed by atoms with Gasteiger partial charge in [-0.15, -0.1) is 0 Å². The normalized spacial score (nSPS) is 18.3. The van der Waals surface area contributed by atoms with Gasteiger partial charge in [0.25, 0.3) is 0 Å². The van der Waals surface area contributed by atoms with Gasteiger partial charge in [-0.3, -0.25) is 14.0 Å². The molecular formula is C26H29N5O3S2. The standard InChI is InChI=1S/C26H29N5O3S2/c1-17-25(19-10-13-21-18(16-19)6-5-15-31(21)36(33,34)20-11-12-20)35-26(27-17)29-22-7-4-8-23(28-22)30-14-3-2-9-24(30)32/h4,7-8,10,13,16,20H,2-3,5-6,9,11-12,14-15H2,1H3,(H,27,28,29). The number of piperidine rings is 1. The minimum Gasteiger partial charge on any atom is -0.316 e. The number of amides is 1.